The van der Waals surface area contributed by atoms with E-state index in [1.54, 1.807) is 0 Å². The molecule has 0 aliphatic rings. The van der Waals surface area contributed by atoms with Crippen LogP contribution in [-0.4, -0.2) is 9.56 Å². The van der Waals surface area contributed by atoms with E-state index in [2.05, 4.69) is 6.07 Å². The van der Waals surface area contributed by atoms with Crippen LogP contribution in [0.3, 0.4) is 0 Å². The third-order valence-corrected chi connectivity index (χ3v) is 2.38. The van der Waals surface area contributed by atoms with E-state index < -0.39 is 0 Å². The van der Waals surface area contributed by atoms with Gasteiger partial charge in [0.1, 0.15) is 4.99 Å². The molecule has 0 bridgehead atoms. The number of aryl methyl sites for hydroxylation is 1. The van der Waals surface area contributed by atoms with Gasteiger partial charge in [-0.3, -0.25) is 0 Å². The lowest BCUT2D eigenvalue weighted by Crippen LogP contribution is -2.08. The van der Waals surface area contributed by atoms with Crippen LogP contribution in [0.25, 0.3) is 10.9 Å². The molecule has 2 rings (SSSR count). The van der Waals surface area contributed by atoms with E-state index in [-0.39, 0.29) is 0 Å². The third-order valence-electron chi connectivity index (χ3n) is 2.16. The molecule has 2 nitrogen and oxygen atoms in total. The number of hydrogen-bond acceptors (Lipinski definition) is 1. The predicted molar refractivity (Wildman–Crippen MR) is 58.8 cm³/mol. The maximum atomic E-state index is 5.61. The summed E-state index contributed by atoms with van der Waals surface area (Å²) >= 11 is 4.97. The van der Waals surface area contributed by atoms with E-state index in [1.165, 1.54) is 0 Å². The number of para-hydroxylation sites is 1. The van der Waals surface area contributed by atoms with Gasteiger partial charge < -0.3 is 10.3 Å². The fraction of sp³-hybridized carbons (Fsp3) is 0.100. The van der Waals surface area contributed by atoms with Gasteiger partial charge in [-0.05, 0) is 6.07 Å². The molecule has 0 aliphatic carbocycles. The van der Waals surface area contributed by atoms with Crippen LogP contribution >= 0.6 is 12.2 Å². The zero-order chi connectivity index (χ0) is 9.42. The van der Waals surface area contributed by atoms with Crippen LogP contribution in [0.15, 0.2) is 30.5 Å². The van der Waals surface area contributed by atoms with Crippen molar-refractivity contribution in [1.82, 2.24) is 4.57 Å². The number of aromatic nitrogens is 1. The lowest BCUT2D eigenvalue weighted by atomic mass is 10.2. The molecule has 3 heteroatoms. The number of nitrogens with zero attached hydrogens (tertiary/aromatic N) is 1. The van der Waals surface area contributed by atoms with Crippen LogP contribution < -0.4 is 5.73 Å². The maximum Gasteiger partial charge on any atom is 0.106 e. The highest BCUT2D eigenvalue weighted by Gasteiger charge is 2.06. The van der Waals surface area contributed by atoms with Crippen LogP contribution in [-0.2, 0) is 7.05 Å². The van der Waals surface area contributed by atoms with Crippen LogP contribution in [0.1, 0.15) is 5.56 Å². The summed E-state index contributed by atoms with van der Waals surface area (Å²) < 4.78 is 2.03. The second-order valence-electron chi connectivity index (χ2n) is 3.04. The largest absolute Gasteiger partial charge is 0.389 e. The van der Waals surface area contributed by atoms with Crippen molar-refractivity contribution in [3.8, 4) is 0 Å². The quantitative estimate of drug-likeness (QED) is 0.695. The zero-order valence-electron chi connectivity index (χ0n) is 7.32. The monoisotopic (exact) mass is 190 g/mol. The minimum absolute atomic E-state index is 0.455. The van der Waals surface area contributed by atoms with E-state index in [0.29, 0.717) is 4.99 Å². The van der Waals surface area contributed by atoms with Crippen molar-refractivity contribution in [2.24, 2.45) is 12.8 Å². The zero-order valence-corrected chi connectivity index (χ0v) is 8.14. The first-order valence-electron chi connectivity index (χ1n) is 4.04. The second-order valence-corrected chi connectivity index (χ2v) is 3.47. The topological polar surface area (TPSA) is 30.9 Å². The van der Waals surface area contributed by atoms with Gasteiger partial charge in [0.05, 0.1) is 0 Å². The Morgan fingerprint density at radius 2 is 2.08 bits per heavy atom. The van der Waals surface area contributed by atoms with Crippen molar-refractivity contribution in [2.45, 2.75) is 0 Å². The summed E-state index contributed by atoms with van der Waals surface area (Å²) in [7, 11) is 1.99. The highest BCUT2D eigenvalue weighted by Crippen LogP contribution is 2.19. The SMILES string of the molecule is Cn1cc(C(N)=S)c2ccccc21. The fourth-order valence-corrected chi connectivity index (χ4v) is 1.70. The second kappa shape index (κ2) is 2.85. The van der Waals surface area contributed by atoms with Crippen molar-refractivity contribution in [1.29, 1.82) is 0 Å². The fourth-order valence-electron chi connectivity index (χ4n) is 1.54. The van der Waals surface area contributed by atoms with Crippen molar-refractivity contribution < 1.29 is 0 Å². The Morgan fingerprint density at radius 1 is 1.38 bits per heavy atom. The molecule has 1 heterocycles. The van der Waals surface area contributed by atoms with Gasteiger partial charge in [-0.2, -0.15) is 0 Å². The van der Waals surface area contributed by atoms with Gasteiger partial charge in [-0.1, -0.05) is 30.4 Å². The van der Waals surface area contributed by atoms with Crippen molar-refractivity contribution >= 4 is 28.1 Å². The molecular weight excluding hydrogens is 180 g/mol. The van der Waals surface area contributed by atoms with E-state index in [1.807, 2.05) is 36.0 Å². The van der Waals surface area contributed by atoms with Gasteiger partial charge in [0.15, 0.2) is 0 Å². The molecule has 2 N–H and O–H groups in total. The molecule has 0 atom stereocenters. The summed E-state index contributed by atoms with van der Waals surface area (Å²) in [4.78, 5) is 0.455. The minimum atomic E-state index is 0.455. The Labute approximate surface area is 82.0 Å². The van der Waals surface area contributed by atoms with Crippen molar-refractivity contribution in [3.63, 3.8) is 0 Å². The molecule has 0 unspecified atom stereocenters. The Hall–Kier alpha value is -1.35. The van der Waals surface area contributed by atoms with Crippen LogP contribution in [0.5, 0.6) is 0 Å². The Balaban J connectivity index is 2.85. The summed E-state index contributed by atoms with van der Waals surface area (Å²) in [5.41, 5.74) is 7.72. The smallest absolute Gasteiger partial charge is 0.106 e. The van der Waals surface area contributed by atoms with E-state index >= 15 is 0 Å². The lowest BCUT2D eigenvalue weighted by Gasteiger charge is -1.93. The molecule has 0 spiro atoms. The molecule has 0 fully saturated rings. The number of fused-ring (bicyclic) bond motifs is 1. The van der Waals surface area contributed by atoms with Gasteiger partial charge in [-0.15, -0.1) is 0 Å². The first-order chi connectivity index (χ1) is 6.20. The molecule has 13 heavy (non-hydrogen) atoms. The van der Waals surface area contributed by atoms with Crippen molar-refractivity contribution in [2.75, 3.05) is 0 Å². The molecule has 0 saturated heterocycles. The van der Waals surface area contributed by atoms with E-state index in [4.69, 9.17) is 18.0 Å². The summed E-state index contributed by atoms with van der Waals surface area (Å²) in [6.45, 7) is 0. The van der Waals surface area contributed by atoms with Gasteiger partial charge in [0, 0.05) is 29.7 Å². The molecular formula is C10H10N2S. The number of hydrogen-bond donors (Lipinski definition) is 1. The lowest BCUT2D eigenvalue weighted by molar-refractivity contribution is 0.968. The molecule has 0 aliphatic heterocycles. The van der Waals surface area contributed by atoms with Gasteiger partial charge in [0.2, 0.25) is 0 Å². The molecule has 0 radical (unpaired) electrons. The summed E-state index contributed by atoms with van der Waals surface area (Å²) in [6, 6.07) is 8.08. The average molecular weight is 190 g/mol. The highest BCUT2D eigenvalue weighted by molar-refractivity contribution is 7.80. The first-order valence-corrected chi connectivity index (χ1v) is 4.45. The predicted octanol–water partition coefficient (Wildman–Crippen LogP) is 1.81. The maximum absolute atomic E-state index is 5.61. The number of nitrogens with two attached hydrogens (primary N) is 1. The third kappa shape index (κ3) is 1.21. The first kappa shape index (κ1) is 8.26. The number of thiocarbonyl (C=S) groups is 1. The standard InChI is InChI=1S/C10H10N2S/c1-12-6-8(10(11)13)7-4-2-3-5-9(7)12/h2-6H,1H3,(H2,11,13). The number of benzene rings is 1. The van der Waals surface area contributed by atoms with E-state index in [9.17, 15) is 0 Å². The van der Waals surface area contributed by atoms with E-state index in [0.717, 1.165) is 16.5 Å². The highest BCUT2D eigenvalue weighted by atomic mass is 32.1. The van der Waals surface area contributed by atoms with Crippen molar-refractivity contribution in [3.05, 3.63) is 36.0 Å². The molecule has 66 valence electrons. The Kier molecular flexibility index (Phi) is 1.81. The summed E-state index contributed by atoms with van der Waals surface area (Å²) in [5, 5.41) is 1.12. The minimum Gasteiger partial charge on any atom is -0.389 e. The summed E-state index contributed by atoms with van der Waals surface area (Å²) in [5.74, 6) is 0. The molecule has 1 aromatic carbocycles. The Bertz CT molecular complexity index is 471. The van der Waals surface area contributed by atoms with Crippen LogP contribution in [0, 0.1) is 0 Å². The van der Waals surface area contributed by atoms with Crippen LogP contribution in [0.4, 0.5) is 0 Å². The molecule has 2 aromatic rings. The molecule has 0 saturated carbocycles. The van der Waals surface area contributed by atoms with Crippen LogP contribution in [0.2, 0.25) is 0 Å². The molecule has 0 amide bonds. The van der Waals surface area contributed by atoms with Gasteiger partial charge in [0.25, 0.3) is 0 Å². The summed E-state index contributed by atoms with van der Waals surface area (Å²) in [6.07, 6.45) is 1.97. The van der Waals surface area contributed by atoms with Gasteiger partial charge in [-0.25, -0.2) is 0 Å². The number of rotatable bonds is 1. The Morgan fingerprint density at radius 3 is 2.77 bits per heavy atom. The average Bonchev–Trinajstić information content (AvgIpc) is 2.45. The normalized spacial score (nSPS) is 10.5. The van der Waals surface area contributed by atoms with Gasteiger partial charge >= 0.3 is 0 Å². The molecule has 1 aromatic heterocycles.